The molecule has 1 fully saturated rings. The highest BCUT2D eigenvalue weighted by molar-refractivity contribution is 7.89. The number of nitrogens with one attached hydrogen (secondary N) is 2. The Hall–Kier alpha value is -1.47. The molecule has 0 bridgehead atoms. The van der Waals surface area contributed by atoms with Gasteiger partial charge in [-0.3, -0.25) is 4.79 Å². The standard InChI is InChI=1S/C15H25N3O7S2/c1-15(2,3)17-27(22,23)13-5-4-12(25-13)14(19)16-6-11-26(20,21)18-7-9-24-10-8-18/h4-5,17H,6-11H2,1-3H3,(H,16,19). The number of carbonyl (C=O) groups excluding carboxylic acids is 1. The molecule has 0 aliphatic carbocycles. The van der Waals surface area contributed by atoms with E-state index in [9.17, 15) is 21.6 Å². The Balaban J connectivity index is 1.92. The minimum atomic E-state index is -3.90. The second-order valence-electron chi connectivity index (χ2n) is 7.06. The lowest BCUT2D eigenvalue weighted by Gasteiger charge is -2.25. The number of hydrogen-bond donors (Lipinski definition) is 2. The normalized spacial score (nSPS) is 17.0. The van der Waals surface area contributed by atoms with Gasteiger partial charge < -0.3 is 14.5 Å². The summed E-state index contributed by atoms with van der Waals surface area (Å²) < 4.78 is 62.7. The van der Waals surface area contributed by atoms with Crippen molar-refractivity contribution in [3.8, 4) is 0 Å². The Morgan fingerprint density at radius 1 is 1.15 bits per heavy atom. The molecule has 1 aliphatic heterocycles. The second kappa shape index (κ2) is 8.27. The van der Waals surface area contributed by atoms with Gasteiger partial charge in [-0.05, 0) is 32.9 Å². The molecule has 2 rings (SSSR count). The first-order chi connectivity index (χ1) is 12.4. The van der Waals surface area contributed by atoms with Crippen molar-refractivity contribution in [1.82, 2.24) is 14.3 Å². The quantitative estimate of drug-likeness (QED) is 0.617. The number of furan rings is 1. The van der Waals surface area contributed by atoms with Gasteiger partial charge in [0.15, 0.2) is 5.76 Å². The summed E-state index contributed by atoms with van der Waals surface area (Å²) in [5.41, 5.74) is -0.706. The smallest absolute Gasteiger partial charge is 0.287 e. The first-order valence-electron chi connectivity index (χ1n) is 8.38. The summed E-state index contributed by atoms with van der Waals surface area (Å²) >= 11 is 0. The fourth-order valence-corrected chi connectivity index (χ4v) is 5.05. The zero-order valence-electron chi connectivity index (χ0n) is 15.5. The van der Waals surface area contributed by atoms with Gasteiger partial charge in [-0.2, -0.15) is 4.31 Å². The van der Waals surface area contributed by atoms with Crippen LogP contribution in [-0.4, -0.2) is 71.2 Å². The van der Waals surface area contributed by atoms with Gasteiger partial charge in [0, 0.05) is 25.2 Å². The van der Waals surface area contributed by atoms with E-state index in [4.69, 9.17) is 9.15 Å². The maximum Gasteiger partial charge on any atom is 0.287 e. The lowest BCUT2D eigenvalue weighted by molar-refractivity contribution is 0.0730. The highest BCUT2D eigenvalue weighted by atomic mass is 32.2. The number of rotatable bonds is 7. The first kappa shape index (κ1) is 21.8. The van der Waals surface area contributed by atoms with Crippen LogP contribution in [0.1, 0.15) is 31.3 Å². The molecule has 1 aliphatic rings. The fourth-order valence-electron chi connectivity index (χ4n) is 2.37. The van der Waals surface area contributed by atoms with Crippen molar-refractivity contribution in [3.05, 3.63) is 17.9 Å². The van der Waals surface area contributed by atoms with Crippen LogP contribution in [0.15, 0.2) is 21.6 Å². The van der Waals surface area contributed by atoms with E-state index in [1.54, 1.807) is 20.8 Å². The molecule has 1 aromatic rings. The molecule has 0 radical (unpaired) electrons. The van der Waals surface area contributed by atoms with E-state index in [2.05, 4.69) is 10.0 Å². The number of sulfonamides is 2. The summed E-state index contributed by atoms with van der Waals surface area (Å²) in [5.74, 6) is -1.17. The lowest BCUT2D eigenvalue weighted by atomic mass is 10.1. The van der Waals surface area contributed by atoms with Crippen molar-refractivity contribution in [2.75, 3.05) is 38.6 Å². The Morgan fingerprint density at radius 3 is 2.37 bits per heavy atom. The molecule has 0 spiro atoms. The number of ether oxygens (including phenoxy) is 1. The molecule has 0 saturated carbocycles. The third kappa shape index (κ3) is 6.28. The maximum absolute atomic E-state index is 12.2. The van der Waals surface area contributed by atoms with Crippen LogP contribution in [0, 0.1) is 0 Å². The second-order valence-corrected chi connectivity index (χ2v) is 10.8. The summed E-state index contributed by atoms with van der Waals surface area (Å²) in [6, 6.07) is 2.40. The molecule has 2 N–H and O–H groups in total. The van der Waals surface area contributed by atoms with Crippen LogP contribution in [0.5, 0.6) is 0 Å². The molecule has 1 saturated heterocycles. The predicted molar refractivity (Wildman–Crippen MR) is 97.3 cm³/mol. The van der Waals surface area contributed by atoms with E-state index in [1.807, 2.05) is 0 Å². The molecule has 1 aromatic heterocycles. The van der Waals surface area contributed by atoms with E-state index < -0.39 is 31.5 Å². The fraction of sp³-hybridized carbons (Fsp3) is 0.667. The van der Waals surface area contributed by atoms with Gasteiger partial charge in [0.25, 0.3) is 15.9 Å². The zero-order chi connectivity index (χ0) is 20.3. The highest BCUT2D eigenvalue weighted by Crippen LogP contribution is 2.16. The van der Waals surface area contributed by atoms with Gasteiger partial charge in [-0.15, -0.1) is 0 Å². The molecule has 154 valence electrons. The molecule has 2 heterocycles. The summed E-state index contributed by atoms with van der Waals surface area (Å²) in [5, 5.41) is 2.04. The average Bonchev–Trinajstić information content (AvgIpc) is 3.04. The number of hydrogen-bond acceptors (Lipinski definition) is 7. The number of amides is 1. The van der Waals surface area contributed by atoms with Gasteiger partial charge >= 0.3 is 0 Å². The highest BCUT2D eigenvalue weighted by Gasteiger charge is 2.27. The monoisotopic (exact) mass is 423 g/mol. The molecular weight excluding hydrogens is 398 g/mol. The van der Waals surface area contributed by atoms with Crippen molar-refractivity contribution in [1.29, 1.82) is 0 Å². The first-order valence-corrected chi connectivity index (χ1v) is 11.5. The van der Waals surface area contributed by atoms with E-state index in [-0.39, 0.29) is 36.2 Å². The minimum Gasteiger partial charge on any atom is -0.438 e. The molecule has 10 nitrogen and oxygen atoms in total. The van der Waals surface area contributed by atoms with Gasteiger partial charge in [0.2, 0.25) is 15.1 Å². The van der Waals surface area contributed by atoms with Gasteiger partial charge in [-0.25, -0.2) is 21.6 Å². The van der Waals surface area contributed by atoms with Crippen molar-refractivity contribution in [2.45, 2.75) is 31.4 Å². The van der Waals surface area contributed by atoms with Gasteiger partial charge in [-0.1, -0.05) is 0 Å². The molecule has 1 amide bonds. The Bertz CT molecular complexity index is 863. The molecule has 0 aromatic carbocycles. The molecule has 27 heavy (non-hydrogen) atoms. The summed E-state index contributed by atoms with van der Waals surface area (Å²) in [6.07, 6.45) is 0. The molecule has 0 atom stereocenters. The Labute approximate surface area is 159 Å². The topological polar surface area (TPSA) is 135 Å². The maximum atomic E-state index is 12.2. The predicted octanol–water partition coefficient (Wildman–Crippen LogP) is -0.252. The third-order valence-corrected chi connectivity index (χ3v) is 7.02. The van der Waals surface area contributed by atoms with Crippen molar-refractivity contribution >= 4 is 26.0 Å². The SMILES string of the molecule is CC(C)(C)NS(=O)(=O)c1ccc(C(=O)NCCS(=O)(=O)N2CCOCC2)o1. The van der Waals surface area contributed by atoms with E-state index in [1.165, 1.54) is 16.4 Å². The zero-order valence-corrected chi connectivity index (χ0v) is 17.2. The molecule has 12 heteroatoms. The Morgan fingerprint density at radius 2 is 1.78 bits per heavy atom. The summed E-state index contributed by atoms with van der Waals surface area (Å²) in [6.45, 7) is 6.17. The van der Waals surface area contributed by atoms with Crippen LogP contribution < -0.4 is 10.0 Å². The van der Waals surface area contributed by atoms with Crippen LogP contribution in [0.2, 0.25) is 0 Å². The molecular formula is C15H25N3O7S2. The minimum absolute atomic E-state index is 0.123. The summed E-state index contributed by atoms with van der Waals surface area (Å²) in [7, 11) is -7.40. The largest absolute Gasteiger partial charge is 0.438 e. The van der Waals surface area contributed by atoms with Crippen molar-refractivity contribution in [3.63, 3.8) is 0 Å². The summed E-state index contributed by atoms with van der Waals surface area (Å²) in [4.78, 5) is 12.1. The van der Waals surface area contributed by atoms with Gasteiger partial charge in [0.05, 0.1) is 19.0 Å². The van der Waals surface area contributed by atoms with Crippen molar-refractivity contribution < 1.29 is 30.8 Å². The third-order valence-electron chi connectivity index (χ3n) is 3.52. The van der Waals surface area contributed by atoms with Gasteiger partial charge in [0.1, 0.15) is 0 Å². The van der Waals surface area contributed by atoms with Crippen LogP contribution in [0.3, 0.4) is 0 Å². The van der Waals surface area contributed by atoms with Crippen molar-refractivity contribution in [2.24, 2.45) is 0 Å². The Kier molecular flexibility index (Phi) is 6.68. The van der Waals surface area contributed by atoms with E-state index in [0.29, 0.717) is 13.2 Å². The number of morpholine rings is 1. The van der Waals surface area contributed by atoms with E-state index in [0.717, 1.165) is 0 Å². The van der Waals surface area contributed by atoms with E-state index >= 15 is 0 Å². The van der Waals surface area contributed by atoms with Crippen LogP contribution in [0.25, 0.3) is 0 Å². The van der Waals surface area contributed by atoms with Crippen LogP contribution in [0.4, 0.5) is 0 Å². The number of carbonyl (C=O) groups is 1. The molecule has 0 unspecified atom stereocenters. The number of nitrogens with zero attached hydrogens (tertiary/aromatic N) is 1. The van der Waals surface area contributed by atoms with Crippen LogP contribution >= 0.6 is 0 Å². The average molecular weight is 424 g/mol. The van der Waals surface area contributed by atoms with Crippen LogP contribution in [-0.2, 0) is 24.8 Å². The lowest BCUT2D eigenvalue weighted by Crippen LogP contribution is -2.43.